The fraction of sp³-hybridized carbons (Fsp3) is 0.267. The summed E-state index contributed by atoms with van der Waals surface area (Å²) in [5.41, 5.74) is 4.78. The van der Waals surface area contributed by atoms with Crippen LogP contribution in [-0.2, 0) is 4.74 Å². The Hall–Kier alpha value is -4.33. The third kappa shape index (κ3) is 4.47. The van der Waals surface area contributed by atoms with Crippen molar-refractivity contribution in [3.63, 3.8) is 0 Å². The molecule has 0 spiro atoms. The highest BCUT2D eigenvalue weighted by atomic mass is 19.1. The van der Waals surface area contributed by atoms with Crippen molar-refractivity contribution in [2.75, 3.05) is 25.3 Å². The van der Waals surface area contributed by atoms with E-state index in [1.807, 2.05) is 42.0 Å². The number of aryl methyl sites for hydroxylation is 1. The van der Waals surface area contributed by atoms with Crippen LogP contribution in [0.3, 0.4) is 0 Å². The first-order chi connectivity index (χ1) is 18.5. The van der Waals surface area contributed by atoms with Gasteiger partial charge in [0.2, 0.25) is 0 Å². The smallest absolute Gasteiger partial charge is 0.188 e. The average Bonchev–Trinajstić information content (AvgIpc) is 3.54. The minimum atomic E-state index is -0.262. The lowest BCUT2D eigenvalue weighted by Crippen LogP contribution is -2.50. The number of benzene rings is 2. The van der Waals surface area contributed by atoms with Gasteiger partial charge in [-0.1, -0.05) is 31.2 Å². The summed E-state index contributed by atoms with van der Waals surface area (Å²) in [5, 5.41) is 4.28. The number of hydrogen-bond donors (Lipinski definition) is 0. The van der Waals surface area contributed by atoms with Crippen LogP contribution in [0.15, 0.2) is 89.5 Å². The monoisotopic (exact) mass is 511 g/mol. The number of ether oxygens (including phenoxy) is 2. The lowest BCUT2D eigenvalue weighted by atomic mass is 9.97. The molecule has 0 bridgehead atoms. The first-order valence-electron chi connectivity index (χ1n) is 12.8. The molecule has 2 aliphatic heterocycles. The second-order valence-electron chi connectivity index (χ2n) is 9.76. The van der Waals surface area contributed by atoms with Crippen LogP contribution in [0.5, 0.6) is 5.75 Å². The van der Waals surface area contributed by atoms with E-state index in [0.29, 0.717) is 24.8 Å². The molecule has 1 aliphatic carbocycles. The topological polar surface area (TPSA) is 55.1 Å². The first-order valence-corrected chi connectivity index (χ1v) is 12.8. The molecule has 1 fully saturated rings. The molecule has 0 radical (unpaired) electrons. The zero-order chi connectivity index (χ0) is 26.2. The Balaban J connectivity index is 1.38. The number of aromatic nitrogens is 2. The van der Waals surface area contributed by atoms with Crippen LogP contribution < -0.4 is 9.75 Å². The van der Waals surface area contributed by atoms with Crippen molar-refractivity contribution < 1.29 is 13.9 Å². The van der Waals surface area contributed by atoms with Gasteiger partial charge < -0.3 is 14.0 Å². The number of imidazole rings is 1. The van der Waals surface area contributed by atoms with Crippen molar-refractivity contribution >= 4 is 17.6 Å². The molecule has 2 atom stereocenters. The second-order valence-corrected chi connectivity index (χ2v) is 9.76. The normalized spacial score (nSPS) is 21.7. The van der Waals surface area contributed by atoms with E-state index < -0.39 is 0 Å². The van der Waals surface area contributed by atoms with Crippen molar-refractivity contribution in [2.24, 2.45) is 10.9 Å². The Morgan fingerprint density at radius 1 is 1.16 bits per heavy atom. The zero-order valence-electron chi connectivity index (χ0n) is 21.7. The lowest BCUT2D eigenvalue weighted by molar-refractivity contribution is 0.170. The lowest BCUT2D eigenvalue weighted by Gasteiger charge is -2.38. The van der Waals surface area contributed by atoms with E-state index in [4.69, 9.17) is 14.5 Å². The third-order valence-corrected chi connectivity index (χ3v) is 6.99. The van der Waals surface area contributed by atoms with Crippen molar-refractivity contribution in [3.05, 3.63) is 102 Å². The number of fused-ring (bicyclic) bond motifs is 1. The molecule has 2 unspecified atom stereocenters. The Bertz CT molecular complexity index is 1470. The molecular weight excluding hydrogens is 481 g/mol. The molecule has 194 valence electrons. The highest BCUT2D eigenvalue weighted by Crippen LogP contribution is 2.36. The van der Waals surface area contributed by atoms with E-state index in [1.165, 1.54) is 12.1 Å². The number of rotatable bonds is 5. The zero-order valence-corrected chi connectivity index (χ0v) is 21.7. The van der Waals surface area contributed by atoms with Crippen molar-refractivity contribution in [2.45, 2.75) is 26.4 Å². The van der Waals surface area contributed by atoms with Crippen LogP contribution in [-0.4, -0.2) is 46.8 Å². The third-order valence-electron chi connectivity index (χ3n) is 6.99. The van der Waals surface area contributed by atoms with E-state index in [0.717, 1.165) is 46.2 Å². The van der Waals surface area contributed by atoms with Gasteiger partial charge in [0.1, 0.15) is 18.2 Å². The van der Waals surface area contributed by atoms with Crippen LogP contribution in [0.1, 0.15) is 24.6 Å². The van der Waals surface area contributed by atoms with Crippen molar-refractivity contribution in [3.8, 4) is 11.4 Å². The quantitative estimate of drug-likeness (QED) is 0.441. The van der Waals surface area contributed by atoms with Gasteiger partial charge in [0, 0.05) is 6.20 Å². The number of morpholine rings is 1. The molecule has 2 aromatic carbocycles. The highest BCUT2D eigenvalue weighted by molar-refractivity contribution is 6.03. The standard InChI is InChI=1S/C30H30FN5O2/c1-20-4-7-23(8-5-20)29-33-30-28(38-15-14-35(30)36(29)25-11-9-24(31)10-12-25)17-22-6-13-26(27(16-22)37-3)34-18-21(2)32-19-34/h4,6-13,16-20,29H,5,14-15H2,1-3H3/b28-17-. The van der Waals surface area contributed by atoms with Gasteiger partial charge in [-0.05, 0) is 72.9 Å². The van der Waals surface area contributed by atoms with E-state index in [2.05, 4.69) is 40.2 Å². The molecule has 0 saturated carbocycles. The van der Waals surface area contributed by atoms with Gasteiger partial charge in [0.25, 0.3) is 0 Å². The molecule has 3 heterocycles. The minimum Gasteiger partial charge on any atom is -0.495 e. The number of aliphatic imine (C=N–C) groups is 1. The average molecular weight is 512 g/mol. The molecule has 7 nitrogen and oxygen atoms in total. The predicted molar refractivity (Wildman–Crippen MR) is 147 cm³/mol. The molecule has 6 rings (SSSR count). The van der Waals surface area contributed by atoms with E-state index in [9.17, 15) is 4.39 Å². The molecular formula is C30H30FN5O2. The number of methoxy groups -OCH3 is 1. The number of halogens is 1. The largest absolute Gasteiger partial charge is 0.495 e. The molecule has 38 heavy (non-hydrogen) atoms. The number of allylic oxidation sites excluding steroid dienone is 2. The number of hydrogen-bond acceptors (Lipinski definition) is 6. The summed E-state index contributed by atoms with van der Waals surface area (Å²) in [6.45, 7) is 5.30. The van der Waals surface area contributed by atoms with E-state index in [1.54, 1.807) is 25.6 Å². The van der Waals surface area contributed by atoms with Gasteiger partial charge in [0.15, 0.2) is 17.8 Å². The fourth-order valence-electron chi connectivity index (χ4n) is 5.02. The predicted octanol–water partition coefficient (Wildman–Crippen LogP) is 5.68. The van der Waals surface area contributed by atoms with E-state index in [-0.39, 0.29) is 12.0 Å². The molecule has 8 heteroatoms. The number of hydrazine groups is 1. The highest BCUT2D eigenvalue weighted by Gasteiger charge is 2.40. The fourth-order valence-corrected chi connectivity index (χ4v) is 5.02. The van der Waals surface area contributed by atoms with Crippen LogP contribution in [0.4, 0.5) is 10.1 Å². The Morgan fingerprint density at radius 2 is 2.00 bits per heavy atom. The molecule has 0 N–H and O–H groups in total. The molecule has 1 aromatic heterocycles. The van der Waals surface area contributed by atoms with Gasteiger partial charge in [-0.15, -0.1) is 0 Å². The van der Waals surface area contributed by atoms with Crippen LogP contribution in [0, 0.1) is 18.7 Å². The second kappa shape index (κ2) is 9.85. The van der Waals surface area contributed by atoms with Crippen LogP contribution in [0.25, 0.3) is 11.8 Å². The number of anilines is 1. The minimum absolute atomic E-state index is 0.259. The van der Waals surface area contributed by atoms with Gasteiger partial charge >= 0.3 is 0 Å². The van der Waals surface area contributed by atoms with Gasteiger partial charge in [-0.25, -0.2) is 14.4 Å². The van der Waals surface area contributed by atoms with Crippen molar-refractivity contribution in [1.82, 2.24) is 14.6 Å². The number of nitrogens with zero attached hydrogens (tertiary/aromatic N) is 5. The maximum atomic E-state index is 13.8. The summed E-state index contributed by atoms with van der Waals surface area (Å²) >= 11 is 0. The summed E-state index contributed by atoms with van der Waals surface area (Å²) in [7, 11) is 1.66. The summed E-state index contributed by atoms with van der Waals surface area (Å²) in [6, 6.07) is 12.6. The van der Waals surface area contributed by atoms with Gasteiger partial charge in [0.05, 0.1) is 37.1 Å². The summed E-state index contributed by atoms with van der Waals surface area (Å²) in [4.78, 5) is 9.47. The Morgan fingerprint density at radius 3 is 2.71 bits per heavy atom. The Kier molecular flexibility index (Phi) is 6.23. The Labute approximate surface area is 221 Å². The summed E-state index contributed by atoms with van der Waals surface area (Å²) in [5.74, 6) is 2.41. The van der Waals surface area contributed by atoms with E-state index >= 15 is 0 Å². The molecule has 0 amide bonds. The van der Waals surface area contributed by atoms with Crippen LogP contribution >= 0.6 is 0 Å². The number of amidine groups is 1. The molecule has 3 aromatic rings. The summed E-state index contributed by atoms with van der Waals surface area (Å²) < 4.78 is 27.6. The van der Waals surface area contributed by atoms with Crippen molar-refractivity contribution in [1.29, 1.82) is 0 Å². The SMILES string of the molecule is COc1cc(/C=C2\OCCN3C2=NC(C2=CCC(C)C=C2)N3c2ccc(F)cc2)ccc1-n1cnc(C)c1. The summed E-state index contributed by atoms with van der Waals surface area (Å²) in [6.07, 6.45) is 13.1. The van der Waals surface area contributed by atoms with Gasteiger partial charge in [-0.2, -0.15) is 0 Å². The molecule has 3 aliphatic rings. The van der Waals surface area contributed by atoms with Gasteiger partial charge in [-0.3, -0.25) is 10.0 Å². The maximum Gasteiger partial charge on any atom is 0.188 e. The van der Waals surface area contributed by atoms with Crippen LogP contribution in [0.2, 0.25) is 0 Å². The first kappa shape index (κ1) is 24.0. The maximum absolute atomic E-state index is 13.8. The molecule has 1 saturated heterocycles.